The standard InChI is InChI=1S/C24H16Br2O/c25-21-5-1-3-19(15-21)17-7-11-23(12-8-17)27-24-13-9-18(10-14-24)20-4-2-6-22(26)16-20/h1-16H. The number of halogens is 2. The van der Waals surface area contributed by atoms with Crippen LogP contribution in [-0.4, -0.2) is 0 Å². The van der Waals surface area contributed by atoms with Crippen LogP contribution in [0.1, 0.15) is 0 Å². The highest BCUT2D eigenvalue weighted by molar-refractivity contribution is 9.10. The van der Waals surface area contributed by atoms with Crippen molar-refractivity contribution < 1.29 is 4.74 Å². The van der Waals surface area contributed by atoms with Crippen LogP contribution in [0.2, 0.25) is 0 Å². The first-order valence-electron chi connectivity index (χ1n) is 8.57. The summed E-state index contributed by atoms with van der Waals surface area (Å²) in [4.78, 5) is 0. The van der Waals surface area contributed by atoms with Crippen LogP contribution in [0.4, 0.5) is 0 Å². The zero-order valence-corrected chi connectivity index (χ0v) is 17.6. The molecule has 27 heavy (non-hydrogen) atoms. The molecule has 4 rings (SSSR count). The third-order valence-electron chi connectivity index (χ3n) is 4.26. The van der Waals surface area contributed by atoms with Gasteiger partial charge in [0.25, 0.3) is 0 Å². The Morgan fingerprint density at radius 3 is 1.22 bits per heavy atom. The SMILES string of the molecule is Brc1cccc(-c2ccc(Oc3ccc(-c4cccc(Br)c4)cc3)cc2)c1. The van der Waals surface area contributed by atoms with Gasteiger partial charge in [-0.3, -0.25) is 0 Å². The summed E-state index contributed by atoms with van der Waals surface area (Å²) >= 11 is 7.03. The Morgan fingerprint density at radius 1 is 0.444 bits per heavy atom. The Hall–Kier alpha value is -2.36. The zero-order valence-electron chi connectivity index (χ0n) is 14.4. The van der Waals surface area contributed by atoms with E-state index in [1.54, 1.807) is 0 Å². The molecule has 0 saturated heterocycles. The monoisotopic (exact) mass is 478 g/mol. The highest BCUT2D eigenvalue weighted by atomic mass is 79.9. The summed E-state index contributed by atoms with van der Waals surface area (Å²) in [6, 6.07) is 32.8. The van der Waals surface area contributed by atoms with E-state index in [-0.39, 0.29) is 0 Å². The van der Waals surface area contributed by atoms with Gasteiger partial charge in [-0.05, 0) is 70.8 Å². The quantitative estimate of drug-likeness (QED) is 0.285. The molecule has 4 aromatic rings. The lowest BCUT2D eigenvalue weighted by Gasteiger charge is -2.09. The van der Waals surface area contributed by atoms with Gasteiger partial charge in [0.05, 0.1) is 0 Å². The number of ether oxygens (including phenoxy) is 1. The highest BCUT2D eigenvalue weighted by Gasteiger charge is 2.03. The van der Waals surface area contributed by atoms with Crippen LogP contribution in [0, 0.1) is 0 Å². The summed E-state index contributed by atoms with van der Waals surface area (Å²) in [6.45, 7) is 0. The maximum atomic E-state index is 5.99. The van der Waals surface area contributed by atoms with E-state index in [1.165, 1.54) is 11.1 Å². The minimum atomic E-state index is 0.823. The van der Waals surface area contributed by atoms with E-state index in [4.69, 9.17) is 4.74 Å². The highest BCUT2D eigenvalue weighted by Crippen LogP contribution is 2.29. The predicted octanol–water partition coefficient (Wildman–Crippen LogP) is 8.34. The van der Waals surface area contributed by atoms with E-state index in [0.717, 1.165) is 31.6 Å². The Balaban J connectivity index is 1.49. The topological polar surface area (TPSA) is 9.23 Å². The van der Waals surface area contributed by atoms with Gasteiger partial charge in [0.1, 0.15) is 11.5 Å². The van der Waals surface area contributed by atoms with Crippen LogP contribution < -0.4 is 4.74 Å². The van der Waals surface area contributed by atoms with E-state index < -0.39 is 0 Å². The summed E-state index contributed by atoms with van der Waals surface area (Å²) in [5.41, 5.74) is 4.67. The van der Waals surface area contributed by atoms with Crippen molar-refractivity contribution in [1.29, 1.82) is 0 Å². The van der Waals surface area contributed by atoms with Gasteiger partial charge in [-0.15, -0.1) is 0 Å². The van der Waals surface area contributed by atoms with Crippen molar-refractivity contribution >= 4 is 31.9 Å². The summed E-state index contributed by atoms with van der Waals surface area (Å²) in [5, 5.41) is 0. The molecule has 0 N–H and O–H groups in total. The van der Waals surface area contributed by atoms with Crippen molar-refractivity contribution in [2.45, 2.75) is 0 Å². The fraction of sp³-hybridized carbons (Fsp3) is 0. The van der Waals surface area contributed by atoms with Crippen molar-refractivity contribution in [3.8, 4) is 33.8 Å². The minimum absolute atomic E-state index is 0.823. The van der Waals surface area contributed by atoms with Gasteiger partial charge in [-0.2, -0.15) is 0 Å². The minimum Gasteiger partial charge on any atom is -0.457 e. The van der Waals surface area contributed by atoms with Gasteiger partial charge in [0, 0.05) is 8.95 Å². The van der Waals surface area contributed by atoms with Gasteiger partial charge >= 0.3 is 0 Å². The van der Waals surface area contributed by atoms with Crippen molar-refractivity contribution in [2.75, 3.05) is 0 Å². The van der Waals surface area contributed by atoms with Crippen molar-refractivity contribution in [2.24, 2.45) is 0 Å². The van der Waals surface area contributed by atoms with E-state index in [0.29, 0.717) is 0 Å². The first kappa shape index (κ1) is 18.0. The summed E-state index contributed by atoms with van der Waals surface area (Å²) < 4.78 is 8.14. The molecule has 0 aliphatic heterocycles. The van der Waals surface area contributed by atoms with E-state index in [2.05, 4.69) is 80.4 Å². The fourth-order valence-electron chi connectivity index (χ4n) is 2.90. The first-order chi connectivity index (χ1) is 13.2. The van der Waals surface area contributed by atoms with Crippen LogP contribution in [-0.2, 0) is 0 Å². The average Bonchev–Trinajstić information content (AvgIpc) is 2.69. The molecule has 0 aliphatic carbocycles. The summed E-state index contributed by atoms with van der Waals surface area (Å²) in [5.74, 6) is 1.65. The molecular weight excluding hydrogens is 464 g/mol. The zero-order chi connectivity index (χ0) is 18.6. The number of benzene rings is 4. The number of hydrogen-bond donors (Lipinski definition) is 0. The van der Waals surface area contributed by atoms with Crippen LogP contribution in [0.3, 0.4) is 0 Å². The molecule has 0 fully saturated rings. The van der Waals surface area contributed by atoms with Crippen molar-refractivity contribution in [3.63, 3.8) is 0 Å². The second-order valence-electron chi connectivity index (χ2n) is 6.17. The van der Waals surface area contributed by atoms with E-state index in [9.17, 15) is 0 Å². The maximum Gasteiger partial charge on any atom is 0.127 e. The largest absolute Gasteiger partial charge is 0.457 e. The van der Waals surface area contributed by atoms with Gasteiger partial charge in [-0.25, -0.2) is 0 Å². The molecule has 0 aromatic heterocycles. The van der Waals surface area contributed by atoms with Crippen LogP contribution >= 0.6 is 31.9 Å². The number of hydrogen-bond acceptors (Lipinski definition) is 1. The molecule has 1 nitrogen and oxygen atoms in total. The van der Waals surface area contributed by atoms with Crippen LogP contribution in [0.15, 0.2) is 106 Å². The maximum absolute atomic E-state index is 5.99. The lowest BCUT2D eigenvalue weighted by atomic mass is 10.1. The summed E-state index contributed by atoms with van der Waals surface area (Å²) in [7, 11) is 0. The first-order valence-corrected chi connectivity index (χ1v) is 10.2. The molecule has 0 heterocycles. The molecule has 0 saturated carbocycles. The van der Waals surface area contributed by atoms with Crippen molar-refractivity contribution in [1.82, 2.24) is 0 Å². The molecule has 0 bridgehead atoms. The molecule has 0 unspecified atom stereocenters. The normalized spacial score (nSPS) is 10.6. The molecular formula is C24H16Br2O. The molecule has 0 amide bonds. The molecule has 132 valence electrons. The van der Waals surface area contributed by atoms with E-state index in [1.807, 2.05) is 48.5 Å². The molecule has 0 atom stereocenters. The predicted molar refractivity (Wildman–Crippen MR) is 119 cm³/mol. The van der Waals surface area contributed by atoms with E-state index >= 15 is 0 Å². The van der Waals surface area contributed by atoms with Gasteiger partial charge in [-0.1, -0.05) is 80.4 Å². The Bertz CT molecular complexity index is 967. The lowest BCUT2D eigenvalue weighted by Crippen LogP contribution is -1.85. The smallest absolute Gasteiger partial charge is 0.127 e. The number of rotatable bonds is 4. The third kappa shape index (κ3) is 4.49. The Morgan fingerprint density at radius 2 is 0.852 bits per heavy atom. The second-order valence-corrected chi connectivity index (χ2v) is 8.00. The molecule has 0 spiro atoms. The summed E-state index contributed by atoms with van der Waals surface area (Å²) in [6.07, 6.45) is 0. The molecule has 0 radical (unpaired) electrons. The van der Waals surface area contributed by atoms with Gasteiger partial charge in [0.2, 0.25) is 0 Å². The lowest BCUT2D eigenvalue weighted by molar-refractivity contribution is 0.483. The molecule has 3 heteroatoms. The fourth-order valence-corrected chi connectivity index (χ4v) is 3.70. The van der Waals surface area contributed by atoms with Gasteiger partial charge in [0.15, 0.2) is 0 Å². The Labute approximate surface area is 175 Å². The Kier molecular flexibility index (Phi) is 5.42. The second kappa shape index (κ2) is 8.12. The average molecular weight is 480 g/mol. The third-order valence-corrected chi connectivity index (χ3v) is 5.25. The van der Waals surface area contributed by atoms with Gasteiger partial charge < -0.3 is 4.74 Å². The molecule has 4 aromatic carbocycles. The van der Waals surface area contributed by atoms with Crippen molar-refractivity contribution in [3.05, 3.63) is 106 Å². The van der Waals surface area contributed by atoms with Crippen LogP contribution in [0.25, 0.3) is 22.3 Å². The van der Waals surface area contributed by atoms with Crippen LogP contribution in [0.5, 0.6) is 11.5 Å². The molecule has 0 aliphatic rings.